The number of hydrogen-bond donors (Lipinski definition) is 2. The molecule has 1 fully saturated rings. The summed E-state index contributed by atoms with van der Waals surface area (Å²) in [6.07, 6.45) is 3.08. The molecule has 2 N–H and O–H groups in total. The Morgan fingerprint density at radius 2 is 2.28 bits per heavy atom. The van der Waals surface area contributed by atoms with E-state index in [1.54, 1.807) is 6.07 Å². The van der Waals surface area contributed by atoms with Gasteiger partial charge in [-0.25, -0.2) is 13.1 Å². The molecule has 0 radical (unpaired) electrons. The molecule has 0 amide bonds. The summed E-state index contributed by atoms with van der Waals surface area (Å²) in [6.45, 7) is 3.58. The van der Waals surface area contributed by atoms with Gasteiger partial charge in [-0.15, -0.1) is 11.3 Å². The second-order valence-corrected chi connectivity index (χ2v) is 8.85. The molecule has 1 aliphatic rings. The average molecular weight is 353 g/mol. The molecule has 7 heteroatoms. The van der Waals surface area contributed by atoms with E-state index in [2.05, 4.69) is 26.0 Å². The number of thiophene rings is 1. The lowest BCUT2D eigenvalue weighted by molar-refractivity contribution is 0.522. The van der Waals surface area contributed by atoms with Gasteiger partial charge in [0.25, 0.3) is 0 Å². The van der Waals surface area contributed by atoms with Crippen LogP contribution in [0.2, 0.25) is 0 Å². The molecule has 102 valence electrons. The summed E-state index contributed by atoms with van der Waals surface area (Å²) in [5.41, 5.74) is 0.958. The lowest BCUT2D eigenvalue weighted by atomic mass is 10.2. The first-order valence-electron chi connectivity index (χ1n) is 5.98. The van der Waals surface area contributed by atoms with Gasteiger partial charge in [0, 0.05) is 12.6 Å². The van der Waals surface area contributed by atoms with Gasteiger partial charge in [-0.1, -0.05) is 6.42 Å². The van der Waals surface area contributed by atoms with Crippen molar-refractivity contribution in [1.82, 2.24) is 10.0 Å². The molecule has 0 spiro atoms. The summed E-state index contributed by atoms with van der Waals surface area (Å²) >= 11 is 4.62. The van der Waals surface area contributed by atoms with Gasteiger partial charge in [-0.3, -0.25) is 0 Å². The molecule has 1 aromatic heterocycles. The van der Waals surface area contributed by atoms with Crippen LogP contribution in [0.5, 0.6) is 0 Å². The van der Waals surface area contributed by atoms with Crippen molar-refractivity contribution in [2.24, 2.45) is 0 Å². The smallest absolute Gasteiger partial charge is 0.250 e. The molecule has 1 unspecified atom stereocenters. The zero-order chi connectivity index (χ0) is 13.2. The predicted molar refractivity (Wildman–Crippen MR) is 77.6 cm³/mol. The largest absolute Gasteiger partial charge is 0.315 e. The van der Waals surface area contributed by atoms with Gasteiger partial charge in [0.15, 0.2) is 0 Å². The van der Waals surface area contributed by atoms with Gasteiger partial charge in [0.05, 0.1) is 3.79 Å². The number of nitrogens with one attached hydrogen (secondary N) is 2. The Bertz CT molecular complexity index is 486. The van der Waals surface area contributed by atoms with E-state index < -0.39 is 10.0 Å². The van der Waals surface area contributed by atoms with Crippen LogP contribution in [-0.4, -0.2) is 27.5 Å². The quantitative estimate of drug-likeness (QED) is 0.876. The van der Waals surface area contributed by atoms with Crippen LogP contribution >= 0.6 is 27.3 Å². The standard InChI is InChI=1S/C11H17BrN2O2S2/c1-8-6-10(17-11(8)12)18(15,16)14-9-4-2-3-5-13-7-9/h6,9,13-14H,2-5,7H2,1H3. The van der Waals surface area contributed by atoms with E-state index in [1.807, 2.05) is 6.92 Å². The Kier molecular flexibility index (Phi) is 4.82. The summed E-state index contributed by atoms with van der Waals surface area (Å²) in [7, 11) is -3.38. The molecular weight excluding hydrogens is 336 g/mol. The van der Waals surface area contributed by atoms with Gasteiger partial charge >= 0.3 is 0 Å². The van der Waals surface area contributed by atoms with Gasteiger partial charge in [0.1, 0.15) is 4.21 Å². The number of hydrogen-bond acceptors (Lipinski definition) is 4. The minimum absolute atomic E-state index is 0.00122. The van der Waals surface area contributed by atoms with Crippen LogP contribution in [0, 0.1) is 6.92 Å². The van der Waals surface area contributed by atoms with Crippen LogP contribution in [-0.2, 0) is 10.0 Å². The Morgan fingerprint density at radius 3 is 2.94 bits per heavy atom. The Morgan fingerprint density at radius 1 is 1.50 bits per heavy atom. The third-order valence-corrected chi connectivity index (χ3v) is 7.10. The molecule has 0 aromatic carbocycles. The van der Waals surface area contributed by atoms with Crippen molar-refractivity contribution in [3.63, 3.8) is 0 Å². The third-order valence-electron chi connectivity index (χ3n) is 2.97. The summed E-state index contributed by atoms with van der Waals surface area (Å²) in [4.78, 5) is 0. The minimum Gasteiger partial charge on any atom is -0.315 e. The molecule has 2 heterocycles. The highest BCUT2D eigenvalue weighted by Crippen LogP contribution is 2.30. The highest BCUT2D eigenvalue weighted by atomic mass is 79.9. The maximum atomic E-state index is 12.2. The first-order valence-corrected chi connectivity index (χ1v) is 9.07. The summed E-state index contributed by atoms with van der Waals surface area (Å²) in [5, 5.41) is 3.26. The van der Waals surface area contributed by atoms with E-state index in [0.717, 1.165) is 35.2 Å². The van der Waals surface area contributed by atoms with Crippen molar-refractivity contribution in [2.45, 2.75) is 36.4 Å². The first kappa shape index (κ1) is 14.5. The number of aryl methyl sites for hydroxylation is 1. The van der Waals surface area contributed by atoms with Crippen LogP contribution < -0.4 is 10.0 Å². The lowest BCUT2D eigenvalue weighted by Crippen LogP contribution is -2.40. The fourth-order valence-corrected chi connectivity index (χ4v) is 5.47. The Balaban J connectivity index is 2.11. The fourth-order valence-electron chi connectivity index (χ4n) is 1.96. The highest BCUT2D eigenvalue weighted by Gasteiger charge is 2.23. The SMILES string of the molecule is Cc1cc(S(=O)(=O)NC2CCCCNC2)sc1Br. The summed E-state index contributed by atoms with van der Waals surface area (Å²) in [5.74, 6) is 0. The van der Waals surface area contributed by atoms with Crippen LogP contribution in [0.15, 0.2) is 14.1 Å². The first-order chi connectivity index (χ1) is 8.49. The highest BCUT2D eigenvalue weighted by molar-refractivity contribution is 9.11. The van der Waals surface area contributed by atoms with E-state index in [9.17, 15) is 8.42 Å². The van der Waals surface area contributed by atoms with Gasteiger partial charge < -0.3 is 5.32 Å². The van der Waals surface area contributed by atoms with Gasteiger partial charge in [0.2, 0.25) is 10.0 Å². The number of rotatable bonds is 3. The van der Waals surface area contributed by atoms with E-state index in [4.69, 9.17) is 0 Å². The molecule has 1 atom stereocenters. The lowest BCUT2D eigenvalue weighted by Gasteiger charge is -2.15. The number of sulfonamides is 1. The zero-order valence-corrected chi connectivity index (χ0v) is 13.4. The van der Waals surface area contributed by atoms with E-state index in [-0.39, 0.29) is 6.04 Å². The predicted octanol–water partition coefficient (Wildman–Crippen LogP) is 2.24. The molecule has 1 saturated heterocycles. The van der Waals surface area contributed by atoms with Crippen molar-refractivity contribution < 1.29 is 8.42 Å². The maximum absolute atomic E-state index is 12.2. The zero-order valence-electron chi connectivity index (χ0n) is 10.2. The molecule has 0 aliphatic carbocycles. The average Bonchev–Trinajstić information content (AvgIpc) is 2.53. The van der Waals surface area contributed by atoms with Gasteiger partial charge in [-0.2, -0.15) is 0 Å². The van der Waals surface area contributed by atoms with Crippen LogP contribution in [0.3, 0.4) is 0 Å². The molecule has 18 heavy (non-hydrogen) atoms. The van der Waals surface area contributed by atoms with Crippen molar-refractivity contribution >= 4 is 37.3 Å². The van der Waals surface area contributed by atoms with E-state index in [1.165, 1.54) is 11.3 Å². The maximum Gasteiger partial charge on any atom is 0.250 e. The molecule has 0 bridgehead atoms. The Labute approximate surface area is 120 Å². The minimum atomic E-state index is -3.38. The number of halogens is 1. The van der Waals surface area contributed by atoms with Crippen molar-refractivity contribution in [2.75, 3.05) is 13.1 Å². The monoisotopic (exact) mass is 352 g/mol. The fraction of sp³-hybridized carbons (Fsp3) is 0.636. The normalized spacial score (nSPS) is 21.8. The van der Waals surface area contributed by atoms with E-state index in [0.29, 0.717) is 10.8 Å². The molecule has 1 aliphatic heterocycles. The van der Waals surface area contributed by atoms with Crippen LogP contribution in [0.1, 0.15) is 24.8 Å². The Hall–Kier alpha value is 0.0500. The molecule has 0 saturated carbocycles. The molecule has 4 nitrogen and oxygen atoms in total. The summed E-state index contributed by atoms with van der Waals surface area (Å²) in [6, 6.07) is 1.71. The second-order valence-electron chi connectivity index (χ2n) is 4.54. The molecule has 2 rings (SSSR count). The van der Waals surface area contributed by atoms with Crippen molar-refractivity contribution in [3.05, 3.63) is 15.4 Å². The topological polar surface area (TPSA) is 58.2 Å². The van der Waals surface area contributed by atoms with E-state index >= 15 is 0 Å². The van der Waals surface area contributed by atoms with Crippen molar-refractivity contribution in [1.29, 1.82) is 0 Å². The van der Waals surface area contributed by atoms with Crippen LogP contribution in [0.4, 0.5) is 0 Å². The van der Waals surface area contributed by atoms with Gasteiger partial charge in [-0.05, 0) is 53.9 Å². The summed E-state index contributed by atoms with van der Waals surface area (Å²) < 4.78 is 28.5. The third kappa shape index (κ3) is 3.54. The second kappa shape index (κ2) is 6.00. The van der Waals surface area contributed by atoms with Crippen LogP contribution in [0.25, 0.3) is 0 Å². The molecule has 1 aromatic rings. The van der Waals surface area contributed by atoms with Crippen molar-refractivity contribution in [3.8, 4) is 0 Å². The molecular formula is C11H17BrN2O2S2.